The number of hydrogen-bond donors (Lipinski definition) is 1. The van der Waals surface area contributed by atoms with Gasteiger partial charge in [-0.15, -0.1) is 11.3 Å². The predicted molar refractivity (Wildman–Crippen MR) is 128 cm³/mol. The van der Waals surface area contributed by atoms with Crippen molar-refractivity contribution in [1.82, 2.24) is 15.0 Å². The average Bonchev–Trinajstić information content (AvgIpc) is 3.09. The summed E-state index contributed by atoms with van der Waals surface area (Å²) in [6.07, 6.45) is 4.66. The van der Waals surface area contributed by atoms with Crippen molar-refractivity contribution in [3.63, 3.8) is 0 Å². The Bertz CT molecular complexity index is 1200. The van der Waals surface area contributed by atoms with E-state index in [1.165, 1.54) is 29.2 Å². The van der Waals surface area contributed by atoms with Crippen molar-refractivity contribution >= 4 is 62.0 Å². The van der Waals surface area contributed by atoms with Crippen molar-refractivity contribution in [2.75, 3.05) is 17.2 Å². The number of aromatic nitrogens is 3. The maximum atomic E-state index is 11.8. The first-order valence-electron chi connectivity index (χ1n) is 8.75. The number of halogens is 2. The molecule has 3 aromatic rings. The molecule has 6 nitrogen and oxygen atoms in total. The molecule has 1 aromatic carbocycles. The fourth-order valence-electron chi connectivity index (χ4n) is 2.60. The molecule has 0 fully saturated rings. The molecule has 3 rings (SSSR count). The summed E-state index contributed by atoms with van der Waals surface area (Å²) in [7, 11) is -3.54. The Hall–Kier alpha value is -1.39. The van der Waals surface area contributed by atoms with E-state index in [2.05, 4.69) is 35.5 Å². The van der Waals surface area contributed by atoms with Gasteiger partial charge in [-0.3, -0.25) is 4.72 Å². The van der Waals surface area contributed by atoms with Gasteiger partial charge in [0.15, 0.2) is 5.16 Å². The van der Waals surface area contributed by atoms with Gasteiger partial charge in [-0.25, -0.2) is 23.4 Å². The summed E-state index contributed by atoms with van der Waals surface area (Å²) in [5.41, 5.74) is 1.84. The Morgan fingerprint density at radius 2 is 1.87 bits per heavy atom. The van der Waals surface area contributed by atoms with Crippen LogP contribution in [0, 0.1) is 0 Å². The summed E-state index contributed by atoms with van der Waals surface area (Å²) < 4.78 is 25.9. The highest BCUT2D eigenvalue weighted by Crippen LogP contribution is 2.45. The largest absolute Gasteiger partial charge is 0.282 e. The molecule has 2 aromatic heterocycles. The van der Waals surface area contributed by atoms with Gasteiger partial charge in [0.25, 0.3) is 0 Å². The number of thiazole rings is 1. The highest BCUT2D eigenvalue weighted by molar-refractivity contribution is 7.98. The first-order chi connectivity index (χ1) is 13.9. The van der Waals surface area contributed by atoms with Gasteiger partial charge >= 0.3 is 0 Å². The minimum absolute atomic E-state index is 0.199. The smallest absolute Gasteiger partial charge is 0.229 e. The van der Waals surface area contributed by atoms with Crippen LogP contribution >= 0.6 is 46.3 Å². The summed E-state index contributed by atoms with van der Waals surface area (Å²) in [6, 6.07) is 4.97. The van der Waals surface area contributed by atoms with Gasteiger partial charge in [-0.1, -0.05) is 55.7 Å². The number of nitrogens with one attached hydrogen (secondary N) is 1. The molecule has 0 aliphatic rings. The van der Waals surface area contributed by atoms with E-state index in [0.29, 0.717) is 27.1 Å². The van der Waals surface area contributed by atoms with E-state index >= 15 is 0 Å². The molecular weight excluding hydrogens is 483 g/mol. The van der Waals surface area contributed by atoms with E-state index in [1.807, 2.05) is 12.3 Å². The van der Waals surface area contributed by atoms with Gasteiger partial charge in [0.05, 0.1) is 38.2 Å². The molecule has 2 heterocycles. The lowest BCUT2D eigenvalue weighted by molar-refractivity contribution is 0.586. The van der Waals surface area contributed by atoms with E-state index in [9.17, 15) is 8.42 Å². The number of thioether (sulfide) groups is 1. The third kappa shape index (κ3) is 5.26. The zero-order valence-electron chi connectivity index (χ0n) is 16.9. The molecule has 11 heteroatoms. The van der Waals surface area contributed by atoms with Gasteiger partial charge < -0.3 is 0 Å². The molecule has 30 heavy (non-hydrogen) atoms. The molecule has 0 saturated heterocycles. The van der Waals surface area contributed by atoms with Gasteiger partial charge in [-0.05, 0) is 24.5 Å². The van der Waals surface area contributed by atoms with Crippen LogP contribution in [0.4, 0.5) is 5.69 Å². The molecule has 160 valence electrons. The molecular formula is C19H20Cl2N4O2S3. The number of benzene rings is 1. The molecule has 1 N–H and O–H groups in total. The van der Waals surface area contributed by atoms with E-state index in [1.54, 1.807) is 12.3 Å². The van der Waals surface area contributed by atoms with Crippen LogP contribution < -0.4 is 4.72 Å². The second-order valence-electron chi connectivity index (χ2n) is 7.56. The number of rotatable bonds is 5. The molecule has 0 bridgehead atoms. The monoisotopic (exact) mass is 502 g/mol. The van der Waals surface area contributed by atoms with E-state index in [0.717, 1.165) is 16.1 Å². The van der Waals surface area contributed by atoms with Crippen LogP contribution in [0.15, 0.2) is 29.6 Å². The van der Waals surface area contributed by atoms with Crippen LogP contribution in [0.25, 0.3) is 21.8 Å². The van der Waals surface area contributed by atoms with E-state index < -0.39 is 10.0 Å². The minimum Gasteiger partial charge on any atom is -0.282 e. The van der Waals surface area contributed by atoms with Crippen molar-refractivity contribution in [3.05, 3.63) is 39.4 Å². The van der Waals surface area contributed by atoms with Crippen molar-refractivity contribution in [3.8, 4) is 21.8 Å². The van der Waals surface area contributed by atoms with E-state index in [-0.39, 0.29) is 16.1 Å². The van der Waals surface area contributed by atoms with Gasteiger partial charge in [-0.2, -0.15) is 0 Å². The normalized spacial score (nSPS) is 12.2. The number of sulfonamides is 1. The maximum absolute atomic E-state index is 11.8. The van der Waals surface area contributed by atoms with E-state index in [4.69, 9.17) is 28.2 Å². The summed E-state index contributed by atoms with van der Waals surface area (Å²) >= 11 is 15.9. The minimum atomic E-state index is -3.54. The summed E-state index contributed by atoms with van der Waals surface area (Å²) in [5.74, 6) is 0. The third-order valence-corrected chi connectivity index (χ3v) is 7.19. The van der Waals surface area contributed by atoms with Crippen molar-refractivity contribution in [2.45, 2.75) is 31.3 Å². The van der Waals surface area contributed by atoms with Gasteiger partial charge in [0.1, 0.15) is 0 Å². The maximum Gasteiger partial charge on any atom is 0.229 e. The highest BCUT2D eigenvalue weighted by atomic mass is 35.5. The Labute approximate surface area is 194 Å². The predicted octanol–water partition coefficient (Wildman–Crippen LogP) is 5.96. The first-order valence-corrected chi connectivity index (χ1v) is 13.4. The van der Waals surface area contributed by atoms with Gasteiger partial charge in [0, 0.05) is 22.2 Å². The number of hydrogen-bond acceptors (Lipinski definition) is 7. The zero-order valence-corrected chi connectivity index (χ0v) is 20.9. The van der Waals surface area contributed by atoms with Crippen LogP contribution in [0.2, 0.25) is 10.0 Å². The molecule has 0 saturated carbocycles. The van der Waals surface area contributed by atoms with Crippen LogP contribution in [0.1, 0.15) is 25.8 Å². The summed E-state index contributed by atoms with van der Waals surface area (Å²) in [5, 5.41) is 2.09. The Kier molecular flexibility index (Phi) is 6.69. The topological polar surface area (TPSA) is 84.8 Å². The van der Waals surface area contributed by atoms with Crippen molar-refractivity contribution < 1.29 is 8.42 Å². The second kappa shape index (κ2) is 8.63. The lowest BCUT2D eigenvalue weighted by Gasteiger charge is -2.14. The zero-order chi connectivity index (χ0) is 22.3. The summed E-state index contributed by atoms with van der Waals surface area (Å²) in [6.45, 7) is 6.22. The SMILES string of the molecule is CSc1nccc(-c2sc(C(C)(C)C)nc2-c2cc(Cl)cc(NS(C)(=O)=O)c2Cl)n1. The standard InChI is InChI=1S/C19H20Cl2N4O2S3/c1-19(2,3)17-24-15(16(29-17)12-6-7-22-18(23-12)28-4)11-8-10(20)9-13(14(11)21)25-30(5,26)27/h6-9,25H,1-5H3. The van der Waals surface area contributed by atoms with Crippen LogP contribution in [0.3, 0.4) is 0 Å². The lowest BCUT2D eigenvalue weighted by Crippen LogP contribution is -2.11. The van der Waals surface area contributed by atoms with Crippen molar-refractivity contribution in [1.29, 1.82) is 0 Å². The quantitative estimate of drug-likeness (QED) is 0.341. The third-order valence-electron chi connectivity index (χ3n) is 3.91. The van der Waals surface area contributed by atoms with Crippen LogP contribution in [-0.4, -0.2) is 35.9 Å². The molecule has 0 spiro atoms. The second-order valence-corrected chi connectivity index (χ2v) is 11.9. The van der Waals surface area contributed by atoms with Crippen LogP contribution in [-0.2, 0) is 15.4 Å². The van der Waals surface area contributed by atoms with Crippen LogP contribution in [0.5, 0.6) is 0 Å². The van der Waals surface area contributed by atoms with Gasteiger partial charge in [0.2, 0.25) is 10.0 Å². The molecule has 0 unspecified atom stereocenters. The lowest BCUT2D eigenvalue weighted by atomic mass is 9.98. The Balaban J connectivity index is 2.29. The molecule has 0 aliphatic heterocycles. The molecule has 0 atom stereocenters. The molecule has 0 amide bonds. The van der Waals surface area contributed by atoms with Crippen molar-refractivity contribution in [2.24, 2.45) is 0 Å². The number of nitrogens with zero attached hydrogens (tertiary/aromatic N) is 3. The number of anilines is 1. The Morgan fingerprint density at radius 3 is 2.47 bits per heavy atom. The highest BCUT2D eigenvalue weighted by Gasteiger charge is 2.26. The Morgan fingerprint density at radius 1 is 1.17 bits per heavy atom. The average molecular weight is 504 g/mol. The summed E-state index contributed by atoms with van der Waals surface area (Å²) in [4.78, 5) is 14.5. The molecule has 0 aliphatic carbocycles. The first kappa shape index (κ1) is 23.3. The fraction of sp³-hybridized carbons (Fsp3) is 0.316. The fourth-order valence-corrected chi connectivity index (χ4v) is 5.14. The molecule has 0 radical (unpaired) electrons.